The Bertz CT molecular complexity index is 655. The van der Waals surface area contributed by atoms with Crippen molar-refractivity contribution in [3.8, 4) is 11.5 Å². The lowest BCUT2D eigenvalue weighted by Crippen LogP contribution is -2.03. The van der Waals surface area contributed by atoms with Crippen molar-refractivity contribution in [3.05, 3.63) is 22.8 Å². The lowest BCUT2D eigenvalue weighted by Gasteiger charge is -2.14. The molecule has 0 atom stereocenters. The summed E-state index contributed by atoms with van der Waals surface area (Å²) >= 11 is 6.16. The summed E-state index contributed by atoms with van der Waals surface area (Å²) in [6.07, 6.45) is 0.766. The van der Waals surface area contributed by atoms with E-state index in [-0.39, 0.29) is 0 Å². The smallest absolute Gasteiger partial charge is 0.152 e. The van der Waals surface area contributed by atoms with E-state index in [0.29, 0.717) is 33.7 Å². The fourth-order valence-corrected chi connectivity index (χ4v) is 2.33. The molecule has 0 unspecified atom stereocenters. The lowest BCUT2D eigenvalue weighted by atomic mass is 10.2. The maximum absolute atomic E-state index is 6.16. The summed E-state index contributed by atoms with van der Waals surface area (Å²) in [6, 6.07) is 3.45. The van der Waals surface area contributed by atoms with Gasteiger partial charge in [0.25, 0.3) is 0 Å². The number of hydrogen-bond acceptors (Lipinski definition) is 5. The van der Waals surface area contributed by atoms with Gasteiger partial charge in [-0.2, -0.15) is 5.10 Å². The van der Waals surface area contributed by atoms with Crippen molar-refractivity contribution in [1.82, 2.24) is 9.78 Å². The Morgan fingerprint density at radius 2 is 1.95 bits per heavy atom. The third-order valence-electron chi connectivity index (χ3n) is 3.22. The van der Waals surface area contributed by atoms with Gasteiger partial charge < -0.3 is 20.5 Å². The van der Waals surface area contributed by atoms with Crippen molar-refractivity contribution in [3.63, 3.8) is 0 Å². The molecule has 3 N–H and O–H groups in total. The molecule has 2 rings (SSSR count). The normalized spacial score (nSPS) is 10.5. The second-order valence-corrected chi connectivity index (χ2v) is 4.91. The van der Waals surface area contributed by atoms with Gasteiger partial charge in [0.15, 0.2) is 5.82 Å². The number of anilines is 3. The number of nitrogens with zero attached hydrogens (tertiary/aromatic N) is 2. The minimum atomic E-state index is 0.484. The highest BCUT2D eigenvalue weighted by Crippen LogP contribution is 2.38. The first kappa shape index (κ1) is 15.3. The van der Waals surface area contributed by atoms with Crippen molar-refractivity contribution in [2.45, 2.75) is 13.3 Å². The summed E-state index contributed by atoms with van der Waals surface area (Å²) in [5, 5.41) is 8.07. The van der Waals surface area contributed by atoms with E-state index in [1.165, 1.54) is 0 Å². The van der Waals surface area contributed by atoms with Crippen LogP contribution in [0, 0.1) is 0 Å². The highest BCUT2D eigenvalue weighted by Gasteiger charge is 2.16. The van der Waals surface area contributed by atoms with Gasteiger partial charge in [-0.25, -0.2) is 0 Å². The molecule has 1 aromatic carbocycles. The monoisotopic (exact) mass is 310 g/mol. The first-order chi connectivity index (χ1) is 10.0. The minimum Gasteiger partial charge on any atom is -0.495 e. The second kappa shape index (κ2) is 6.13. The number of hydrogen-bond donors (Lipinski definition) is 2. The molecule has 0 saturated heterocycles. The van der Waals surface area contributed by atoms with Crippen LogP contribution >= 0.6 is 11.6 Å². The summed E-state index contributed by atoms with van der Waals surface area (Å²) in [5.41, 5.74) is 8.26. The predicted molar refractivity (Wildman–Crippen MR) is 84.8 cm³/mol. The molecule has 1 heterocycles. The average molecular weight is 311 g/mol. The van der Waals surface area contributed by atoms with Gasteiger partial charge in [0, 0.05) is 13.1 Å². The van der Waals surface area contributed by atoms with Crippen LogP contribution in [0.2, 0.25) is 5.02 Å². The van der Waals surface area contributed by atoms with E-state index in [2.05, 4.69) is 10.4 Å². The van der Waals surface area contributed by atoms with Crippen LogP contribution in [-0.2, 0) is 13.5 Å². The summed E-state index contributed by atoms with van der Waals surface area (Å²) < 4.78 is 12.2. The molecular formula is C14H19ClN4O2. The van der Waals surface area contributed by atoms with E-state index in [0.717, 1.165) is 12.1 Å². The van der Waals surface area contributed by atoms with Gasteiger partial charge >= 0.3 is 0 Å². The van der Waals surface area contributed by atoms with E-state index in [9.17, 15) is 0 Å². The van der Waals surface area contributed by atoms with Crippen molar-refractivity contribution in [2.24, 2.45) is 7.05 Å². The number of nitrogens with one attached hydrogen (secondary N) is 1. The Labute approximate surface area is 128 Å². The second-order valence-electron chi connectivity index (χ2n) is 4.50. The number of ether oxygens (including phenoxy) is 2. The van der Waals surface area contributed by atoms with Gasteiger partial charge in [0.2, 0.25) is 0 Å². The van der Waals surface area contributed by atoms with Gasteiger partial charge in [0.05, 0.1) is 36.3 Å². The quantitative estimate of drug-likeness (QED) is 0.888. The van der Waals surface area contributed by atoms with Crippen molar-refractivity contribution in [2.75, 3.05) is 25.3 Å². The van der Waals surface area contributed by atoms with E-state index in [1.54, 1.807) is 31.0 Å². The molecule has 0 spiro atoms. The molecule has 0 aliphatic heterocycles. The first-order valence-electron chi connectivity index (χ1n) is 6.51. The molecule has 0 amide bonds. The number of aromatic nitrogens is 2. The van der Waals surface area contributed by atoms with Crippen LogP contribution in [-0.4, -0.2) is 24.0 Å². The number of methoxy groups -OCH3 is 2. The van der Waals surface area contributed by atoms with Crippen LogP contribution in [0.1, 0.15) is 12.6 Å². The zero-order valence-corrected chi connectivity index (χ0v) is 13.3. The predicted octanol–water partition coefficient (Wildman–Crippen LogP) is 2.98. The molecule has 0 aliphatic rings. The molecule has 0 saturated carbocycles. The number of aryl methyl sites for hydroxylation is 2. The van der Waals surface area contributed by atoms with Crippen LogP contribution < -0.4 is 20.5 Å². The van der Waals surface area contributed by atoms with E-state index >= 15 is 0 Å². The van der Waals surface area contributed by atoms with Crippen molar-refractivity contribution in [1.29, 1.82) is 0 Å². The number of halogens is 1. The molecular weight excluding hydrogens is 292 g/mol. The maximum atomic E-state index is 6.16. The molecule has 6 nitrogen and oxygen atoms in total. The third kappa shape index (κ3) is 2.85. The summed E-state index contributed by atoms with van der Waals surface area (Å²) in [4.78, 5) is 0. The number of nitrogen functional groups attached to an aromatic ring is 1. The zero-order chi connectivity index (χ0) is 15.6. The van der Waals surface area contributed by atoms with Gasteiger partial charge in [0.1, 0.15) is 11.5 Å². The fourth-order valence-electron chi connectivity index (χ4n) is 2.09. The Morgan fingerprint density at radius 1 is 1.29 bits per heavy atom. The largest absolute Gasteiger partial charge is 0.495 e. The number of benzene rings is 1. The highest BCUT2D eigenvalue weighted by atomic mass is 35.5. The van der Waals surface area contributed by atoms with E-state index in [4.69, 9.17) is 26.8 Å². The molecule has 0 radical (unpaired) electrons. The molecule has 0 aliphatic carbocycles. The van der Waals surface area contributed by atoms with Crippen LogP contribution in [0.5, 0.6) is 11.5 Å². The lowest BCUT2D eigenvalue weighted by molar-refractivity contribution is 0.396. The first-order valence-corrected chi connectivity index (χ1v) is 6.89. The molecule has 0 fully saturated rings. The van der Waals surface area contributed by atoms with Crippen molar-refractivity contribution < 1.29 is 9.47 Å². The third-order valence-corrected chi connectivity index (χ3v) is 3.52. The van der Waals surface area contributed by atoms with Gasteiger partial charge in [-0.1, -0.05) is 18.5 Å². The fraction of sp³-hybridized carbons (Fsp3) is 0.357. The zero-order valence-electron chi connectivity index (χ0n) is 12.5. The Balaban J connectivity index is 2.44. The maximum Gasteiger partial charge on any atom is 0.152 e. The average Bonchev–Trinajstić information content (AvgIpc) is 2.75. The number of rotatable bonds is 5. The highest BCUT2D eigenvalue weighted by molar-refractivity contribution is 6.32. The van der Waals surface area contributed by atoms with Gasteiger partial charge in [-0.3, -0.25) is 4.68 Å². The van der Waals surface area contributed by atoms with Crippen LogP contribution in [0.3, 0.4) is 0 Å². The minimum absolute atomic E-state index is 0.484. The Kier molecular flexibility index (Phi) is 4.47. The number of nitrogens with two attached hydrogens (primary N) is 1. The van der Waals surface area contributed by atoms with Gasteiger partial charge in [-0.05, 0) is 12.5 Å². The Morgan fingerprint density at radius 3 is 2.48 bits per heavy atom. The molecule has 0 bridgehead atoms. The summed E-state index contributed by atoms with van der Waals surface area (Å²) in [5.74, 6) is 1.85. The molecule has 21 heavy (non-hydrogen) atoms. The van der Waals surface area contributed by atoms with E-state index in [1.807, 2.05) is 14.0 Å². The molecule has 1 aromatic heterocycles. The Hall–Kier alpha value is -2.08. The molecule has 114 valence electrons. The molecule has 2 aromatic rings. The van der Waals surface area contributed by atoms with Crippen LogP contribution in [0.25, 0.3) is 0 Å². The van der Waals surface area contributed by atoms with Crippen LogP contribution in [0.15, 0.2) is 12.1 Å². The SMILES string of the molecule is CCc1nn(C)c(Nc2cc(Cl)c(OC)cc2OC)c1N. The topological polar surface area (TPSA) is 74.3 Å². The van der Waals surface area contributed by atoms with Crippen LogP contribution in [0.4, 0.5) is 17.2 Å². The summed E-state index contributed by atoms with van der Waals surface area (Å²) in [7, 11) is 4.97. The van der Waals surface area contributed by atoms with E-state index < -0.39 is 0 Å². The van der Waals surface area contributed by atoms with Gasteiger partial charge in [-0.15, -0.1) is 0 Å². The summed E-state index contributed by atoms with van der Waals surface area (Å²) in [6.45, 7) is 2.01. The van der Waals surface area contributed by atoms with Crippen molar-refractivity contribution >= 4 is 28.8 Å². The standard InChI is InChI=1S/C14H19ClN4O2/c1-5-9-13(16)14(19(2)18-9)17-10-6-8(15)11(20-3)7-12(10)21-4/h6-7,17H,5,16H2,1-4H3. The molecule has 7 heteroatoms.